The third-order valence-corrected chi connectivity index (χ3v) is 3.33. The molecule has 0 spiro atoms. The molecule has 20 heavy (non-hydrogen) atoms. The fourth-order valence-electron chi connectivity index (χ4n) is 2.34. The van der Waals surface area contributed by atoms with E-state index >= 15 is 0 Å². The fraction of sp³-hybridized carbons (Fsp3) is 0.333. The maximum atomic E-state index is 5.28. The number of hydrogen-bond acceptors (Lipinski definition) is 2. The van der Waals surface area contributed by atoms with Crippen LogP contribution in [0.5, 0.6) is 11.5 Å². The summed E-state index contributed by atoms with van der Waals surface area (Å²) < 4.78 is 10.6. The molecule has 0 aliphatic rings. The molecule has 0 heterocycles. The number of benzene rings is 2. The minimum Gasteiger partial charge on any atom is -0.496 e. The molecule has 0 radical (unpaired) electrons. The lowest BCUT2D eigenvalue weighted by Crippen LogP contribution is -1.94. The number of hydrogen-bond donors (Lipinski definition) is 0. The molecule has 0 aromatic heterocycles. The van der Waals surface area contributed by atoms with Gasteiger partial charge in [0.15, 0.2) is 0 Å². The van der Waals surface area contributed by atoms with Crippen LogP contribution in [-0.4, -0.2) is 14.2 Å². The van der Waals surface area contributed by atoms with Crippen LogP contribution in [0.2, 0.25) is 0 Å². The van der Waals surface area contributed by atoms with Gasteiger partial charge in [0.1, 0.15) is 11.5 Å². The molecule has 0 atom stereocenters. The summed E-state index contributed by atoms with van der Waals surface area (Å²) in [5, 5.41) is 0. The van der Waals surface area contributed by atoms with Crippen LogP contribution in [0.1, 0.15) is 29.7 Å². The van der Waals surface area contributed by atoms with Crippen LogP contribution in [0.3, 0.4) is 0 Å². The van der Waals surface area contributed by atoms with Crippen molar-refractivity contribution in [1.82, 2.24) is 0 Å². The topological polar surface area (TPSA) is 18.5 Å². The van der Waals surface area contributed by atoms with Gasteiger partial charge in [0.25, 0.3) is 0 Å². The fourth-order valence-corrected chi connectivity index (χ4v) is 2.34. The molecule has 2 rings (SSSR count). The number of rotatable bonds is 4. The van der Waals surface area contributed by atoms with Crippen LogP contribution in [0.25, 0.3) is 0 Å². The molecule has 2 heteroatoms. The highest BCUT2D eigenvalue weighted by Gasteiger charge is 2.03. The number of ether oxygens (including phenoxy) is 2. The predicted molar refractivity (Wildman–Crippen MR) is 85.0 cm³/mol. The molecule has 2 aromatic rings. The standard InChI is InChI=1S/C17H20O2.CH4/c1-12-9-14(5-7-16(12)18-3)11-15-6-8-17(19-4)13(2)10-15;/h5-10H,11H2,1-4H3;1H4. The zero-order valence-electron chi connectivity index (χ0n) is 12.0. The van der Waals surface area contributed by atoms with Crippen LogP contribution in [0.15, 0.2) is 36.4 Å². The number of methoxy groups -OCH3 is 2. The van der Waals surface area contributed by atoms with Gasteiger partial charge >= 0.3 is 0 Å². The van der Waals surface area contributed by atoms with Crippen LogP contribution >= 0.6 is 0 Å². The smallest absolute Gasteiger partial charge is 0.121 e. The molecule has 0 aliphatic carbocycles. The van der Waals surface area contributed by atoms with E-state index in [2.05, 4.69) is 38.1 Å². The van der Waals surface area contributed by atoms with Crippen molar-refractivity contribution in [2.24, 2.45) is 0 Å². The first-order chi connectivity index (χ1) is 9.13. The first-order valence-electron chi connectivity index (χ1n) is 6.41. The van der Waals surface area contributed by atoms with E-state index in [0.717, 1.165) is 17.9 Å². The quantitative estimate of drug-likeness (QED) is 0.813. The van der Waals surface area contributed by atoms with Gasteiger partial charge in [0, 0.05) is 0 Å². The lowest BCUT2D eigenvalue weighted by atomic mass is 10.0. The third-order valence-electron chi connectivity index (χ3n) is 3.33. The van der Waals surface area contributed by atoms with Crippen molar-refractivity contribution in [2.45, 2.75) is 27.7 Å². The molecular weight excluding hydrogens is 248 g/mol. The van der Waals surface area contributed by atoms with Gasteiger partial charge in [-0.25, -0.2) is 0 Å². The zero-order chi connectivity index (χ0) is 13.8. The first-order valence-corrected chi connectivity index (χ1v) is 6.41. The van der Waals surface area contributed by atoms with Gasteiger partial charge in [-0.3, -0.25) is 0 Å². The second kappa shape index (κ2) is 6.99. The first kappa shape index (κ1) is 16.1. The van der Waals surface area contributed by atoms with Crippen LogP contribution in [0, 0.1) is 13.8 Å². The average molecular weight is 272 g/mol. The van der Waals surface area contributed by atoms with E-state index in [4.69, 9.17) is 9.47 Å². The SMILES string of the molecule is C.COc1ccc(Cc2ccc(OC)c(C)c2)cc1C. The summed E-state index contributed by atoms with van der Waals surface area (Å²) in [7, 11) is 3.41. The van der Waals surface area contributed by atoms with Crippen molar-refractivity contribution in [1.29, 1.82) is 0 Å². The molecule has 2 nitrogen and oxygen atoms in total. The van der Waals surface area contributed by atoms with E-state index in [1.165, 1.54) is 22.3 Å². The monoisotopic (exact) mass is 272 g/mol. The largest absolute Gasteiger partial charge is 0.496 e. The lowest BCUT2D eigenvalue weighted by molar-refractivity contribution is 0.411. The Morgan fingerprint density at radius 1 is 0.750 bits per heavy atom. The molecule has 2 aromatic carbocycles. The molecule has 0 N–H and O–H groups in total. The van der Waals surface area contributed by atoms with Crippen molar-refractivity contribution in [3.8, 4) is 11.5 Å². The van der Waals surface area contributed by atoms with Crippen molar-refractivity contribution in [3.05, 3.63) is 58.7 Å². The van der Waals surface area contributed by atoms with E-state index < -0.39 is 0 Å². The highest BCUT2D eigenvalue weighted by Crippen LogP contribution is 2.23. The van der Waals surface area contributed by atoms with Crippen LogP contribution in [-0.2, 0) is 6.42 Å². The second-order valence-electron chi connectivity index (χ2n) is 4.78. The van der Waals surface area contributed by atoms with Crippen molar-refractivity contribution in [2.75, 3.05) is 14.2 Å². The lowest BCUT2D eigenvalue weighted by Gasteiger charge is -2.09. The zero-order valence-corrected chi connectivity index (χ0v) is 12.0. The van der Waals surface area contributed by atoms with Gasteiger partial charge in [-0.05, 0) is 54.7 Å². The maximum Gasteiger partial charge on any atom is 0.121 e. The van der Waals surface area contributed by atoms with Gasteiger partial charge in [-0.1, -0.05) is 31.7 Å². The average Bonchev–Trinajstić information content (AvgIpc) is 2.39. The van der Waals surface area contributed by atoms with E-state index in [1.807, 2.05) is 12.1 Å². The Balaban J connectivity index is 0.00000200. The summed E-state index contributed by atoms with van der Waals surface area (Å²) in [6.45, 7) is 4.14. The van der Waals surface area contributed by atoms with Gasteiger partial charge in [0.2, 0.25) is 0 Å². The van der Waals surface area contributed by atoms with Gasteiger partial charge in [-0.2, -0.15) is 0 Å². The van der Waals surface area contributed by atoms with E-state index in [-0.39, 0.29) is 7.43 Å². The summed E-state index contributed by atoms with van der Waals surface area (Å²) in [5.74, 6) is 1.88. The molecule has 0 amide bonds. The highest BCUT2D eigenvalue weighted by molar-refractivity contribution is 5.41. The van der Waals surface area contributed by atoms with E-state index in [0.29, 0.717) is 0 Å². The van der Waals surface area contributed by atoms with Gasteiger partial charge in [0.05, 0.1) is 14.2 Å². The summed E-state index contributed by atoms with van der Waals surface area (Å²) in [4.78, 5) is 0. The Morgan fingerprint density at radius 3 is 1.45 bits per heavy atom. The van der Waals surface area contributed by atoms with Crippen molar-refractivity contribution >= 4 is 0 Å². The molecular formula is C18H24O2. The van der Waals surface area contributed by atoms with Crippen molar-refractivity contribution < 1.29 is 9.47 Å². The Bertz CT molecular complexity index is 522. The molecule has 0 fully saturated rings. The molecule has 0 saturated heterocycles. The Hall–Kier alpha value is -1.96. The normalized spacial score (nSPS) is 9.80. The molecule has 0 saturated carbocycles. The van der Waals surface area contributed by atoms with E-state index in [1.54, 1.807) is 14.2 Å². The van der Waals surface area contributed by atoms with Crippen LogP contribution < -0.4 is 9.47 Å². The van der Waals surface area contributed by atoms with Crippen molar-refractivity contribution in [3.63, 3.8) is 0 Å². The summed E-state index contributed by atoms with van der Waals surface area (Å²) in [5.41, 5.74) is 4.93. The van der Waals surface area contributed by atoms with Crippen LogP contribution in [0.4, 0.5) is 0 Å². The minimum absolute atomic E-state index is 0. The maximum absolute atomic E-state index is 5.28. The van der Waals surface area contributed by atoms with Gasteiger partial charge < -0.3 is 9.47 Å². The summed E-state index contributed by atoms with van der Waals surface area (Å²) in [6.07, 6.45) is 0.926. The summed E-state index contributed by atoms with van der Waals surface area (Å²) >= 11 is 0. The molecule has 108 valence electrons. The molecule has 0 bridgehead atoms. The number of aryl methyl sites for hydroxylation is 2. The summed E-state index contributed by atoms with van der Waals surface area (Å²) in [6, 6.07) is 12.6. The molecule has 0 aliphatic heterocycles. The molecule has 0 unspecified atom stereocenters. The van der Waals surface area contributed by atoms with E-state index in [9.17, 15) is 0 Å². The third kappa shape index (κ3) is 3.53. The minimum atomic E-state index is 0. The Labute approximate surface area is 122 Å². The Kier molecular flexibility index (Phi) is 5.63. The highest BCUT2D eigenvalue weighted by atomic mass is 16.5. The van der Waals surface area contributed by atoms with Gasteiger partial charge in [-0.15, -0.1) is 0 Å². The Morgan fingerprint density at radius 2 is 1.15 bits per heavy atom. The second-order valence-corrected chi connectivity index (χ2v) is 4.78. The predicted octanol–water partition coefficient (Wildman–Crippen LogP) is 4.55.